The lowest BCUT2D eigenvalue weighted by Crippen LogP contribution is -1.79. The van der Waals surface area contributed by atoms with Gasteiger partial charge in [0.15, 0.2) is 12.0 Å². The Balaban J connectivity index is 2.91. The molecule has 0 radical (unpaired) electrons. The molecule has 1 aromatic carbocycles. The monoisotopic (exact) mass is 188 g/mol. The Morgan fingerprint density at radius 1 is 1.21 bits per heavy atom. The van der Waals surface area contributed by atoms with Gasteiger partial charge in [0.25, 0.3) is 0 Å². The second-order valence-electron chi connectivity index (χ2n) is 3.67. The highest BCUT2D eigenvalue weighted by Crippen LogP contribution is 2.27. The van der Waals surface area contributed by atoms with Gasteiger partial charge in [0.2, 0.25) is 0 Å². The Morgan fingerprint density at radius 3 is 2.57 bits per heavy atom. The fourth-order valence-corrected chi connectivity index (χ4v) is 1.80. The molecule has 0 aliphatic carbocycles. The molecule has 2 aromatic rings. The highest BCUT2D eigenvalue weighted by Gasteiger charge is 2.11. The van der Waals surface area contributed by atoms with Gasteiger partial charge in [0.05, 0.1) is 0 Å². The van der Waals surface area contributed by atoms with Crippen molar-refractivity contribution in [2.75, 3.05) is 0 Å². The van der Waals surface area contributed by atoms with E-state index in [1.165, 1.54) is 5.56 Å². The van der Waals surface area contributed by atoms with Gasteiger partial charge >= 0.3 is 0 Å². The molecule has 0 bridgehead atoms. The third kappa shape index (κ3) is 1.15. The first-order valence-corrected chi connectivity index (χ1v) is 4.59. The predicted molar refractivity (Wildman–Crippen MR) is 55.8 cm³/mol. The average Bonchev–Trinajstić information content (AvgIpc) is 2.44. The summed E-state index contributed by atoms with van der Waals surface area (Å²) in [6.45, 7) is 5.95. The van der Waals surface area contributed by atoms with Gasteiger partial charge in [-0.1, -0.05) is 6.07 Å². The molecule has 0 unspecified atom stereocenters. The first-order valence-electron chi connectivity index (χ1n) is 4.59. The van der Waals surface area contributed by atoms with Crippen molar-refractivity contribution in [1.82, 2.24) is 0 Å². The molecule has 2 heteroatoms. The quantitative estimate of drug-likeness (QED) is 0.643. The van der Waals surface area contributed by atoms with Gasteiger partial charge in [-0.25, -0.2) is 0 Å². The van der Waals surface area contributed by atoms with Crippen molar-refractivity contribution in [1.29, 1.82) is 0 Å². The van der Waals surface area contributed by atoms with Gasteiger partial charge in [-0.3, -0.25) is 4.79 Å². The Morgan fingerprint density at radius 2 is 1.93 bits per heavy atom. The van der Waals surface area contributed by atoms with Crippen LogP contribution >= 0.6 is 0 Å². The molecule has 2 rings (SSSR count). The molecule has 0 saturated heterocycles. The summed E-state index contributed by atoms with van der Waals surface area (Å²) in [6, 6.07) is 4.11. The standard InChI is InChI=1S/C12H12O2/c1-7-4-8(2)12-10(5-7)9(3)11(6-13)14-12/h4-6H,1-3H3. The third-order valence-corrected chi connectivity index (χ3v) is 2.51. The number of rotatable bonds is 1. The van der Waals surface area contributed by atoms with Crippen molar-refractivity contribution in [2.24, 2.45) is 0 Å². The number of carbonyl (C=O) groups is 1. The zero-order valence-electron chi connectivity index (χ0n) is 8.55. The summed E-state index contributed by atoms with van der Waals surface area (Å²) in [6.07, 6.45) is 0.768. The van der Waals surface area contributed by atoms with Crippen molar-refractivity contribution in [2.45, 2.75) is 20.8 Å². The van der Waals surface area contributed by atoms with Crippen molar-refractivity contribution < 1.29 is 9.21 Å². The summed E-state index contributed by atoms with van der Waals surface area (Å²) in [5.74, 6) is 0.439. The van der Waals surface area contributed by atoms with Crippen LogP contribution in [0.25, 0.3) is 11.0 Å². The Kier molecular flexibility index (Phi) is 1.92. The topological polar surface area (TPSA) is 30.2 Å². The van der Waals surface area contributed by atoms with Crippen LogP contribution in [0.5, 0.6) is 0 Å². The Hall–Kier alpha value is -1.57. The minimum Gasteiger partial charge on any atom is -0.453 e. The van der Waals surface area contributed by atoms with Crippen LogP contribution in [-0.2, 0) is 0 Å². The molecule has 0 fully saturated rings. The third-order valence-electron chi connectivity index (χ3n) is 2.51. The summed E-state index contributed by atoms with van der Waals surface area (Å²) < 4.78 is 5.47. The molecular formula is C12H12O2. The van der Waals surface area contributed by atoms with Gasteiger partial charge in [-0.05, 0) is 38.0 Å². The molecule has 0 saturated carbocycles. The van der Waals surface area contributed by atoms with Crippen molar-refractivity contribution in [3.8, 4) is 0 Å². The second kappa shape index (κ2) is 2.98. The van der Waals surface area contributed by atoms with Gasteiger partial charge in [-0.15, -0.1) is 0 Å². The van der Waals surface area contributed by atoms with Crippen molar-refractivity contribution >= 4 is 17.3 Å². The number of furan rings is 1. The number of aryl methyl sites for hydroxylation is 3. The maximum Gasteiger partial charge on any atom is 0.185 e. The Bertz CT molecular complexity index is 507. The smallest absolute Gasteiger partial charge is 0.185 e. The first-order chi connectivity index (χ1) is 6.63. The van der Waals surface area contributed by atoms with Crippen LogP contribution in [-0.4, -0.2) is 6.29 Å². The lowest BCUT2D eigenvalue weighted by atomic mass is 10.1. The van der Waals surface area contributed by atoms with Gasteiger partial charge in [0, 0.05) is 10.9 Å². The van der Waals surface area contributed by atoms with Gasteiger partial charge in [-0.2, -0.15) is 0 Å². The number of hydrogen-bond donors (Lipinski definition) is 0. The van der Waals surface area contributed by atoms with E-state index in [9.17, 15) is 4.79 Å². The van der Waals surface area contributed by atoms with Gasteiger partial charge < -0.3 is 4.42 Å². The first kappa shape index (κ1) is 9.00. The maximum atomic E-state index is 10.7. The summed E-state index contributed by atoms with van der Waals surface area (Å²) in [4.78, 5) is 10.7. The number of carbonyl (C=O) groups excluding carboxylic acids is 1. The number of aldehydes is 1. The molecule has 14 heavy (non-hydrogen) atoms. The van der Waals surface area contributed by atoms with E-state index in [1.807, 2.05) is 26.8 Å². The SMILES string of the molecule is Cc1cc(C)c2oc(C=O)c(C)c2c1. The van der Waals surface area contributed by atoms with E-state index in [0.29, 0.717) is 5.76 Å². The summed E-state index contributed by atoms with van der Waals surface area (Å²) in [5.41, 5.74) is 4.03. The average molecular weight is 188 g/mol. The largest absolute Gasteiger partial charge is 0.453 e. The van der Waals surface area contributed by atoms with E-state index in [4.69, 9.17) is 4.42 Å². The minimum absolute atomic E-state index is 0.439. The molecule has 0 amide bonds. The fraction of sp³-hybridized carbons (Fsp3) is 0.250. The molecule has 72 valence electrons. The van der Waals surface area contributed by atoms with Gasteiger partial charge in [0.1, 0.15) is 5.58 Å². The van der Waals surface area contributed by atoms with Crippen LogP contribution in [0.2, 0.25) is 0 Å². The van der Waals surface area contributed by atoms with Crippen molar-refractivity contribution in [3.05, 3.63) is 34.6 Å². The summed E-state index contributed by atoms with van der Waals surface area (Å²) in [7, 11) is 0. The van der Waals surface area contributed by atoms with Crippen LogP contribution in [0, 0.1) is 20.8 Å². The maximum absolute atomic E-state index is 10.7. The van der Waals surface area contributed by atoms with Crippen LogP contribution in [0.1, 0.15) is 27.2 Å². The molecule has 1 heterocycles. The van der Waals surface area contributed by atoms with E-state index in [2.05, 4.69) is 6.07 Å². The van der Waals surface area contributed by atoms with E-state index < -0.39 is 0 Å². The van der Waals surface area contributed by atoms with Crippen LogP contribution in [0.3, 0.4) is 0 Å². The summed E-state index contributed by atoms with van der Waals surface area (Å²) >= 11 is 0. The molecule has 0 N–H and O–H groups in total. The van der Waals surface area contributed by atoms with Crippen LogP contribution < -0.4 is 0 Å². The number of benzene rings is 1. The number of fused-ring (bicyclic) bond motifs is 1. The zero-order chi connectivity index (χ0) is 10.3. The second-order valence-corrected chi connectivity index (χ2v) is 3.67. The lowest BCUT2D eigenvalue weighted by molar-refractivity contribution is 0.110. The van der Waals surface area contributed by atoms with Crippen LogP contribution in [0.4, 0.5) is 0 Å². The molecule has 0 aliphatic rings. The zero-order valence-corrected chi connectivity index (χ0v) is 8.55. The highest BCUT2D eigenvalue weighted by molar-refractivity contribution is 5.91. The lowest BCUT2D eigenvalue weighted by Gasteiger charge is -1.97. The molecule has 0 aliphatic heterocycles. The summed E-state index contributed by atoms with van der Waals surface area (Å²) in [5, 5.41) is 1.05. The number of hydrogen-bond acceptors (Lipinski definition) is 2. The van der Waals surface area contributed by atoms with Crippen molar-refractivity contribution in [3.63, 3.8) is 0 Å². The Labute approximate surface area is 82.5 Å². The molecular weight excluding hydrogens is 176 g/mol. The highest BCUT2D eigenvalue weighted by atomic mass is 16.3. The molecule has 0 spiro atoms. The molecule has 2 nitrogen and oxygen atoms in total. The van der Waals surface area contributed by atoms with E-state index >= 15 is 0 Å². The normalized spacial score (nSPS) is 10.8. The van der Waals surface area contributed by atoms with Crippen LogP contribution in [0.15, 0.2) is 16.5 Å². The van der Waals surface area contributed by atoms with E-state index in [0.717, 1.165) is 28.4 Å². The predicted octanol–water partition coefficient (Wildman–Crippen LogP) is 3.17. The van der Waals surface area contributed by atoms with E-state index in [1.54, 1.807) is 0 Å². The molecule has 1 aromatic heterocycles. The molecule has 0 atom stereocenters. The minimum atomic E-state index is 0.439. The van der Waals surface area contributed by atoms with E-state index in [-0.39, 0.29) is 0 Å². The fourth-order valence-electron chi connectivity index (χ4n) is 1.80.